The molecule has 0 aromatic rings. The fourth-order valence-corrected chi connectivity index (χ4v) is 2.22. The van der Waals surface area contributed by atoms with Crippen molar-refractivity contribution in [3.05, 3.63) is 0 Å². The fraction of sp³-hybridized carbons (Fsp3) is 0.625. The van der Waals surface area contributed by atoms with Gasteiger partial charge >= 0.3 is 11.9 Å². The number of hydrogen-bond donors (Lipinski definition) is 10. The van der Waals surface area contributed by atoms with Gasteiger partial charge in [0.1, 0.15) is 18.1 Å². The van der Waals surface area contributed by atoms with E-state index < -0.39 is 66.9 Å². The maximum absolute atomic E-state index is 12.6. The van der Waals surface area contributed by atoms with E-state index in [-0.39, 0.29) is 25.3 Å². The maximum atomic E-state index is 12.6. The van der Waals surface area contributed by atoms with E-state index in [2.05, 4.69) is 16.0 Å². The number of aliphatic carboxylic acids is 2. The number of amides is 3. The zero-order chi connectivity index (χ0) is 24.1. The molecule has 0 aromatic heterocycles. The van der Waals surface area contributed by atoms with Gasteiger partial charge in [0.25, 0.3) is 0 Å². The number of hydrogen-bond acceptors (Lipinski definition) is 8. The smallest absolute Gasteiger partial charge is 0.328 e. The van der Waals surface area contributed by atoms with Gasteiger partial charge in [-0.05, 0) is 19.8 Å². The van der Waals surface area contributed by atoms with Gasteiger partial charge in [-0.15, -0.1) is 0 Å². The van der Waals surface area contributed by atoms with Crippen molar-refractivity contribution < 1.29 is 39.3 Å². The van der Waals surface area contributed by atoms with Crippen LogP contribution in [-0.4, -0.2) is 88.3 Å². The second-order valence-electron chi connectivity index (χ2n) is 6.57. The molecule has 0 unspecified atom stereocenters. The number of guanidine groups is 1. The van der Waals surface area contributed by atoms with Gasteiger partial charge in [0, 0.05) is 6.54 Å². The molecule has 15 nitrogen and oxygen atoms in total. The van der Waals surface area contributed by atoms with Gasteiger partial charge in [-0.1, -0.05) is 0 Å². The number of rotatable bonds is 14. The van der Waals surface area contributed by atoms with E-state index in [0.29, 0.717) is 0 Å². The molecule has 31 heavy (non-hydrogen) atoms. The van der Waals surface area contributed by atoms with Crippen LogP contribution in [0.5, 0.6) is 0 Å². The number of nitrogens with two attached hydrogens (primary N) is 2. The predicted octanol–water partition coefficient (Wildman–Crippen LogP) is -4.40. The van der Waals surface area contributed by atoms with Crippen LogP contribution < -0.4 is 32.7 Å². The molecule has 4 atom stereocenters. The van der Waals surface area contributed by atoms with Crippen molar-refractivity contribution in [3.8, 4) is 0 Å². The molecule has 176 valence electrons. The first-order valence-corrected chi connectivity index (χ1v) is 9.19. The second-order valence-corrected chi connectivity index (χ2v) is 6.57. The van der Waals surface area contributed by atoms with Gasteiger partial charge in [0.15, 0.2) is 5.96 Å². The summed E-state index contributed by atoms with van der Waals surface area (Å²) in [5.74, 6) is -6.04. The van der Waals surface area contributed by atoms with Crippen LogP contribution in [0.3, 0.4) is 0 Å². The zero-order valence-corrected chi connectivity index (χ0v) is 16.9. The SMILES string of the molecule is C[C@H](N)C(=O)N[C@@H](CCCNC(=N)N)C(=O)N[C@@H](CC(=O)O)C(=O)N[C@@H](CO)C(=O)O. The number of aliphatic hydroxyl groups excluding tert-OH is 1. The van der Waals surface area contributed by atoms with Crippen molar-refractivity contribution in [3.63, 3.8) is 0 Å². The number of carbonyl (C=O) groups excluding carboxylic acids is 3. The molecule has 3 amide bonds. The Hall–Kier alpha value is -3.46. The van der Waals surface area contributed by atoms with Crippen LogP contribution in [0.15, 0.2) is 0 Å². The fourth-order valence-electron chi connectivity index (χ4n) is 2.22. The first kappa shape index (κ1) is 27.5. The second kappa shape index (κ2) is 13.7. The molecule has 0 saturated carbocycles. The molecule has 0 aliphatic heterocycles. The molecular formula is C16H29N7O8. The van der Waals surface area contributed by atoms with Crippen LogP contribution in [0.25, 0.3) is 0 Å². The van der Waals surface area contributed by atoms with Gasteiger partial charge in [0.05, 0.1) is 19.1 Å². The Balaban J connectivity index is 5.35. The van der Waals surface area contributed by atoms with E-state index in [9.17, 15) is 24.0 Å². The third-order valence-corrected chi connectivity index (χ3v) is 3.84. The minimum Gasteiger partial charge on any atom is -0.481 e. The lowest BCUT2D eigenvalue weighted by Crippen LogP contribution is -2.57. The molecule has 0 bridgehead atoms. The molecule has 0 aromatic carbocycles. The highest BCUT2D eigenvalue weighted by molar-refractivity contribution is 5.95. The third-order valence-electron chi connectivity index (χ3n) is 3.84. The van der Waals surface area contributed by atoms with Crippen LogP contribution in [0.2, 0.25) is 0 Å². The zero-order valence-electron chi connectivity index (χ0n) is 16.9. The maximum Gasteiger partial charge on any atom is 0.328 e. The number of carbonyl (C=O) groups is 5. The van der Waals surface area contributed by atoms with Crippen molar-refractivity contribution in [1.82, 2.24) is 21.3 Å². The molecule has 0 aliphatic rings. The van der Waals surface area contributed by atoms with Gasteiger partial charge in [-0.25, -0.2) is 4.79 Å². The lowest BCUT2D eigenvalue weighted by molar-refractivity contribution is -0.144. The Morgan fingerprint density at radius 2 is 1.45 bits per heavy atom. The summed E-state index contributed by atoms with van der Waals surface area (Å²) in [4.78, 5) is 58.8. The first-order chi connectivity index (χ1) is 14.4. The first-order valence-electron chi connectivity index (χ1n) is 9.19. The largest absolute Gasteiger partial charge is 0.481 e. The van der Waals surface area contributed by atoms with Crippen LogP contribution in [0.1, 0.15) is 26.2 Å². The summed E-state index contributed by atoms with van der Waals surface area (Å²) < 4.78 is 0. The summed E-state index contributed by atoms with van der Waals surface area (Å²) in [7, 11) is 0. The van der Waals surface area contributed by atoms with Crippen molar-refractivity contribution in [1.29, 1.82) is 5.41 Å². The lowest BCUT2D eigenvalue weighted by atomic mass is 10.1. The van der Waals surface area contributed by atoms with E-state index >= 15 is 0 Å². The average Bonchev–Trinajstić information content (AvgIpc) is 2.66. The van der Waals surface area contributed by atoms with Crippen LogP contribution in [0.4, 0.5) is 0 Å². The highest BCUT2D eigenvalue weighted by Crippen LogP contribution is 2.02. The number of nitrogens with one attached hydrogen (secondary N) is 5. The summed E-state index contributed by atoms with van der Waals surface area (Å²) in [5, 5.41) is 42.9. The average molecular weight is 447 g/mol. The van der Waals surface area contributed by atoms with Crippen LogP contribution in [-0.2, 0) is 24.0 Å². The molecule has 0 fully saturated rings. The van der Waals surface area contributed by atoms with Crippen molar-refractivity contribution >= 4 is 35.6 Å². The van der Waals surface area contributed by atoms with Gasteiger partial charge < -0.3 is 48.1 Å². The van der Waals surface area contributed by atoms with Crippen molar-refractivity contribution in [2.75, 3.05) is 13.2 Å². The summed E-state index contributed by atoms with van der Waals surface area (Å²) in [6.07, 6.45) is -0.589. The van der Waals surface area contributed by atoms with E-state index in [0.717, 1.165) is 0 Å². The Morgan fingerprint density at radius 1 is 0.935 bits per heavy atom. The van der Waals surface area contributed by atoms with Gasteiger partial charge in [0.2, 0.25) is 17.7 Å². The summed E-state index contributed by atoms with van der Waals surface area (Å²) in [6.45, 7) is 0.622. The lowest BCUT2D eigenvalue weighted by Gasteiger charge is -2.24. The van der Waals surface area contributed by atoms with Crippen LogP contribution >= 0.6 is 0 Å². The molecule has 0 saturated heterocycles. The standard InChI is InChI=1S/C16H29N7O8/c1-7(17)12(27)21-8(3-2-4-20-16(18)19)13(28)22-9(5-11(25)26)14(29)23-10(6-24)15(30)31/h7-10,24H,2-6,17H2,1H3,(H,21,27)(H,22,28)(H,23,29)(H,25,26)(H,30,31)(H4,18,19,20)/t7-,8-,9-,10-/m0/s1. The Bertz CT molecular complexity index is 685. The number of carboxylic acid groups (broad SMARTS) is 2. The quantitative estimate of drug-likeness (QED) is 0.0689. The van der Waals surface area contributed by atoms with Crippen molar-refractivity contribution in [2.24, 2.45) is 11.5 Å². The molecule has 0 rings (SSSR count). The third kappa shape index (κ3) is 11.3. The Morgan fingerprint density at radius 3 is 1.90 bits per heavy atom. The summed E-state index contributed by atoms with van der Waals surface area (Å²) in [6, 6.07) is -5.54. The van der Waals surface area contributed by atoms with E-state index in [4.69, 9.17) is 32.2 Å². The monoisotopic (exact) mass is 447 g/mol. The summed E-state index contributed by atoms with van der Waals surface area (Å²) >= 11 is 0. The molecule has 0 aliphatic carbocycles. The predicted molar refractivity (Wildman–Crippen MR) is 106 cm³/mol. The number of carboxylic acids is 2. The molecule has 0 heterocycles. The summed E-state index contributed by atoms with van der Waals surface area (Å²) in [5.41, 5.74) is 10.6. The van der Waals surface area contributed by atoms with Gasteiger partial charge in [-0.2, -0.15) is 0 Å². The van der Waals surface area contributed by atoms with E-state index in [1.165, 1.54) is 6.92 Å². The highest BCUT2D eigenvalue weighted by atomic mass is 16.4. The molecule has 15 heteroatoms. The highest BCUT2D eigenvalue weighted by Gasteiger charge is 2.31. The minimum absolute atomic E-state index is 0.0281. The van der Waals surface area contributed by atoms with Crippen molar-refractivity contribution in [2.45, 2.75) is 50.4 Å². The molecular weight excluding hydrogens is 418 g/mol. The molecule has 0 spiro atoms. The number of aliphatic hydroxyl groups is 1. The van der Waals surface area contributed by atoms with Gasteiger partial charge in [-0.3, -0.25) is 24.6 Å². The normalized spacial score (nSPS) is 14.3. The molecule has 0 radical (unpaired) electrons. The van der Waals surface area contributed by atoms with E-state index in [1.54, 1.807) is 0 Å². The topological polar surface area (TPSA) is 270 Å². The van der Waals surface area contributed by atoms with E-state index in [1.807, 2.05) is 5.32 Å². The van der Waals surface area contributed by atoms with Crippen LogP contribution in [0, 0.1) is 5.41 Å². The Kier molecular flexibility index (Phi) is 12.2. The molecule has 12 N–H and O–H groups in total. The minimum atomic E-state index is -1.70. The Labute approximate surface area is 177 Å².